The summed E-state index contributed by atoms with van der Waals surface area (Å²) in [6.07, 6.45) is 4.73. The molecule has 0 saturated heterocycles. The minimum absolute atomic E-state index is 0.746. The standard InChI is InChI=1S/C12H18N2/c1-9-3-4-11(8-14-9)12-6-5-10(12)7-13-2/h3-4,8,10,12-13H,5-7H2,1-2H3. The number of nitrogens with zero attached hydrogens (tertiary/aromatic N) is 1. The lowest BCUT2D eigenvalue weighted by Crippen LogP contribution is -2.32. The molecule has 14 heavy (non-hydrogen) atoms. The zero-order valence-corrected chi connectivity index (χ0v) is 8.96. The quantitative estimate of drug-likeness (QED) is 0.789. The van der Waals surface area contributed by atoms with Crippen molar-refractivity contribution in [2.24, 2.45) is 5.92 Å². The van der Waals surface area contributed by atoms with Gasteiger partial charge in [-0.1, -0.05) is 6.07 Å². The number of pyridine rings is 1. The molecule has 1 aromatic heterocycles. The van der Waals surface area contributed by atoms with Gasteiger partial charge in [-0.25, -0.2) is 0 Å². The van der Waals surface area contributed by atoms with E-state index in [-0.39, 0.29) is 0 Å². The van der Waals surface area contributed by atoms with E-state index in [9.17, 15) is 0 Å². The van der Waals surface area contributed by atoms with E-state index in [1.54, 1.807) is 0 Å². The van der Waals surface area contributed by atoms with E-state index in [0.29, 0.717) is 0 Å². The number of hydrogen-bond donors (Lipinski definition) is 1. The number of rotatable bonds is 3. The first-order valence-electron chi connectivity index (χ1n) is 5.38. The van der Waals surface area contributed by atoms with Gasteiger partial charge in [0, 0.05) is 11.9 Å². The first-order chi connectivity index (χ1) is 6.81. The topological polar surface area (TPSA) is 24.9 Å². The highest BCUT2D eigenvalue weighted by Crippen LogP contribution is 2.41. The molecule has 0 radical (unpaired) electrons. The Bertz CT molecular complexity index is 292. The van der Waals surface area contributed by atoms with Crippen LogP contribution in [0.3, 0.4) is 0 Å². The Balaban J connectivity index is 2.04. The van der Waals surface area contributed by atoms with Gasteiger partial charge in [0.2, 0.25) is 0 Å². The molecule has 0 amide bonds. The van der Waals surface area contributed by atoms with Crippen LogP contribution in [0.5, 0.6) is 0 Å². The van der Waals surface area contributed by atoms with Crippen LogP contribution in [0.25, 0.3) is 0 Å². The molecule has 1 fully saturated rings. The Morgan fingerprint density at radius 2 is 2.29 bits per heavy atom. The molecule has 1 aliphatic carbocycles. The van der Waals surface area contributed by atoms with Crippen molar-refractivity contribution in [3.05, 3.63) is 29.6 Å². The molecular formula is C12H18N2. The van der Waals surface area contributed by atoms with Gasteiger partial charge in [0.1, 0.15) is 0 Å². The highest BCUT2D eigenvalue weighted by Gasteiger charge is 2.31. The van der Waals surface area contributed by atoms with Crippen molar-refractivity contribution in [3.63, 3.8) is 0 Å². The third-order valence-corrected chi connectivity index (χ3v) is 3.25. The predicted octanol–water partition coefficient (Wildman–Crippen LogP) is 2.10. The highest BCUT2D eigenvalue weighted by molar-refractivity contribution is 5.21. The van der Waals surface area contributed by atoms with Crippen molar-refractivity contribution < 1.29 is 0 Å². The second kappa shape index (κ2) is 4.09. The number of aryl methyl sites for hydroxylation is 1. The van der Waals surface area contributed by atoms with Gasteiger partial charge in [-0.05, 0) is 56.8 Å². The number of hydrogen-bond acceptors (Lipinski definition) is 2. The summed E-state index contributed by atoms with van der Waals surface area (Å²) in [5.74, 6) is 1.57. The summed E-state index contributed by atoms with van der Waals surface area (Å²) in [5.41, 5.74) is 2.53. The molecule has 0 spiro atoms. The molecule has 1 N–H and O–H groups in total. The SMILES string of the molecule is CNCC1CCC1c1ccc(C)nc1. The summed E-state index contributed by atoms with van der Waals surface area (Å²) in [6.45, 7) is 3.17. The first kappa shape index (κ1) is 9.66. The van der Waals surface area contributed by atoms with E-state index >= 15 is 0 Å². The summed E-state index contributed by atoms with van der Waals surface area (Å²) in [4.78, 5) is 4.36. The molecule has 0 bridgehead atoms. The zero-order chi connectivity index (χ0) is 9.97. The largest absolute Gasteiger partial charge is 0.319 e. The molecule has 76 valence electrons. The summed E-state index contributed by atoms with van der Waals surface area (Å²) in [6, 6.07) is 4.35. The van der Waals surface area contributed by atoms with Crippen molar-refractivity contribution in [3.8, 4) is 0 Å². The number of nitrogens with one attached hydrogen (secondary N) is 1. The lowest BCUT2D eigenvalue weighted by molar-refractivity contribution is 0.250. The first-order valence-corrected chi connectivity index (χ1v) is 5.38. The van der Waals surface area contributed by atoms with E-state index in [4.69, 9.17) is 0 Å². The molecular weight excluding hydrogens is 172 g/mol. The van der Waals surface area contributed by atoms with Crippen molar-refractivity contribution in [1.82, 2.24) is 10.3 Å². The van der Waals surface area contributed by atoms with Crippen LogP contribution in [0, 0.1) is 12.8 Å². The smallest absolute Gasteiger partial charge is 0.0372 e. The van der Waals surface area contributed by atoms with Gasteiger partial charge in [-0.2, -0.15) is 0 Å². The van der Waals surface area contributed by atoms with Crippen LogP contribution in [-0.4, -0.2) is 18.6 Å². The van der Waals surface area contributed by atoms with Crippen molar-refractivity contribution in [1.29, 1.82) is 0 Å². The zero-order valence-electron chi connectivity index (χ0n) is 8.96. The summed E-state index contributed by atoms with van der Waals surface area (Å²) in [7, 11) is 2.03. The Kier molecular flexibility index (Phi) is 2.82. The van der Waals surface area contributed by atoms with E-state index in [0.717, 1.165) is 24.1 Å². The van der Waals surface area contributed by atoms with Crippen LogP contribution >= 0.6 is 0 Å². The Hall–Kier alpha value is -0.890. The van der Waals surface area contributed by atoms with Crippen LogP contribution in [0.15, 0.2) is 18.3 Å². The molecule has 1 aliphatic rings. The maximum Gasteiger partial charge on any atom is 0.0372 e. The molecule has 2 rings (SSSR count). The van der Waals surface area contributed by atoms with Gasteiger partial charge in [0.25, 0.3) is 0 Å². The predicted molar refractivity (Wildman–Crippen MR) is 58.4 cm³/mol. The van der Waals surface area contributed by atoms with Gasteiger partial charge in [-0.15, -0.1) is 0 Å². The maximum atomic E-state index is 4.36. The number of aromatic nitrogens is 1. The van der Waals surface area contributed by atoms with Crippen LogP contribution in [0.4, 0.5) is 0 Å². The van der Waals surface area contributed by atoms with Crippen LogP contribution in [0.1, 0.15) is 30.0 Å². The van der Waals surface area contributed by atoms with E-state index in [2.05, 4.69) is 22.4 Å². The average Bonchev–Trinajstić information content (AvgIpc) is 2.16. The molecule has 2 atom stereocenters. The lowest BCUT2D eigenvalue weighted by Gasteiger charge is -2.36. The van der Waals surface area contributed by atoms with E-state index < -0.39 is 0 Å². The van der Waals surface area contributed by atoms with E-state index in [1.807, 2.05) is 20.2 Å². The fraction of sp³-hybridized carbons (Fsp3) is 0.583. The summed E-state index contributed by atoms with van der Waals surface area (Å²) in [5, 5.41) is 3.26. The molecule has 2 unspecified atom stereocenters. The molecule has 2 nitrogen and oxygen atoms in total. The van der Waals surface area contributed by atoms with Crippen molar-refractivity contribution in [2.45, 2.75) is 25.7 Å². The van der Waals surface area contributed by atoms with Gasteiger partial charge < -0.3 is 5.32 Å². The molecule has 0 aliphatic heterocycles. The summed E-state index contributed by atoms with van der Waals surface area (Å²) < 4.78 is 0. The second-order valence-corrected chi connectivity index (χ2v) is 4.23. The highest BCUT2D eigenvalue weighted by atomic mass is 14.8. The van der Waals surface area contributed by atoms with Gasteiger partial charge in [0.05, 0.1) is 0 Å². The molecule has 1 aromatic rings. The fourth-order valence-electron chi connectivity index (χ4n) is 2.21. The molecule has 1 saturated carbocycles. The third kappa shape index (κ3) is 1.80. The second-order valence-electron chi connectivity index (χ2n) is 4.23. The minimum atomic E-state index is 0.746. The van der Waals surface area contributed by atoms with Crippen LogP contribution < -0.4 is 5.32 Å². The van der Waals surface area contributed by atoms with Gasteiger partial charge in [0.15, 0.2) is 0 Å². The van der Waals surface area contributed by atoms with E-state index in [1.165, 1.54) is 18.4 Å². The third-order valence-electron chi connectivity index (χ3n) is 3.25. The van der Waals surface area contributed by atoms with Gasteiger partial charge in [-0.3, -0.25) is 4.98 Å². The average molecular weight is 190 g/mol. The van der Waals surface area contributed by atoms with Crippen molar-refractivity contribution in [2.75, 3.05) is 13.6 Å². The van der Waals surface area contributed by atoms with Crippen LogP contribution in [-0.2, 0) is 0 Å². The Labute approximate surface area is 85.7 Å². The maximum absolute atomic E-state index is 4.36. The Morgan fingerprint density at radius 1 is 1.43 bits per heavy atom. The Morgan fingerprint density at radius 3 is 2.79 bits per heavy atom. The molecule has 0 aromatic carbocycles. The lowest BCUT2D eigenvalue weighted by atomic mass is 9.70. The minimum Gasteiger partial charge on any atom is -0.319 e. The van der Waals surface area contributed by atoms with Crippen molar-refractivity contribution >= 4 is 0 Å². The molecule has 2 heteroatoms. The molecule has 1 heterocycles. The van der Waals surface area contributed by atoms with Crippen LogP contribution in [0.2, 0.25) is 0 Å². The van der Waals surface area contributed by atoms with Gasteiger partial charge >= 0.3 is 0 Å². The normalized spacial score (nSPS) is 25.9. The summed E-state index contributed by atoms with van der Waals surface area (Å²) >= 11 is 0. The monoisotopic (exact) mass is 190 g/mol. The fourth-order valence-corrected chi connectivity index (χ4v) is 2.21.